The van der Waals surface area contributed by atoms with Crippen molar-refractivity contribution in [3.05, 3.63) is 0 Å². The van der Waals surface area contributed by atoms with E-state index in [0.29, 0.717) is 6.54 Å². The molecule has 1 saturated heterocycles. The normalized spacial score (nSPS) is 30.4. The van der Waals surface area contributed by atoms with Gasteiger partial charge in [-0.05, 0) is 24.7 Å². The van der Waals surface area contributed by atoms with Gasteiger partial charge in [-0.15, -0.1) is 0 Å². The lowest BCUT2D eigenvalue weighted by Crippen LogP contribution is -2.54. The van der Waals surface area contributed by atoms with Crippen molar-refractivity contribution in [3.8, 4) is 0 Å². The lowest BCUT2D eigenvalue weighted by atomic mass is 9.73. The number of nitrogens with zero attached hydrogens (tertiary/aromatic N) is 2. The van der Waals surface area contributed by atoms with Gasteiger partial charge in [0.2, 0.25) is 0 Å². The van der Waals surface area contributed by atoms with E-state index in [4.69, 9.17) is 5.11 Å². The lowest BCUT2D eigenvalue weighted by molar-refractivity contribution is -0.137. The summed E-state index contributed by atoms with van der Waals surface area (Å²) in [7, 11) is 0. The van der Waals surface area contributed by atoms with E-state index in [-0.39, 0.29) is 6.42 Å². The minimum atomic E-state index is -0.684. The molecule has 0 aromatic carbocycles. The molecule has 0 aromatic rings. The topological polar surface area (TPSA) is 43.8 Å². The van der Waals surface area contributed by atoms with Gasteiger partial charge in [-0.3, -0.25) is 9.69 Å². The van der Waals surface area contributed by atoms with Gasteiger partial charge in [0.25, 0.3) is 0 Å². The molecule has 1 heterocycles. The third-order valence-corrected chi connectivity index (χ3v) is 4.66. The van der Waals surface area contributed by atoms with E-state index in [1.54, 1.807) is 0 Å². The molecule has 0 spiro atoms. The molecule has 1 aliphatic carbocycles. The number of piperazine rings is 1. The molecule has 1 aliphatic heterocycles. The Labute approximate surface area is 110 Å². The van der Waals surface area contributed by atoms with Crippen LogP contribution in [-0.4, -0.2) is 59.6 Å². The largest absolute Gasteiger partial charge is 0.481 e. The maximum absolute atomic E-state index is 10.5. The van der Waals surface area contributed by atoms with E-state index in [1.807, 2.05) is 0 Å². The van der Waals surface area contributed by atoms with Crippen molar-refractivity contribution in [1.82, 2.24) is 9.80 Å². The Kier molecular flexibility index (Phi) is 4.62. The molecule has 0 atom stereocenters. The molecule has 0 unspecified atom stereocenters. The van der Waals surface area contributed by atoms with Crippen molar-refractivity contribution < 1.29 is 9.90 Å². The van der Waals surface area contributed by atoms with Gasteiger partial charge in [0.05, 0.1) is 6.42 Å². The fraction of sp³-hybridized carbons (Fsp3) is 0.929. The number of carboxylic acids is 1. The van der Waals surface area contributed by atoms with Crippen molar-refractivity contribution in [2.45, 2.75) is 39.2 Å². The maximum atomic E-state index is 10.5. The van der Waals surface area contributed by atoms with E-state index < -0.39 is 5.97 Å². The standard InChI is InChI=1S/C14H26N2O2/c1-11(2)12-9-13(10-12)16-7-5-15(6-8-16)4-3-14(17)18/h11-13H,3-10H2,1-2H3,(H,17,18). The van der Waals surface area contributed by atoms with E-state index in [1.165, 1.54) is 12.8 Å². The van der Waals surface area contributed by atoms with Crippen molar-refractivity contribution in [2.24, 2.45) is 11.8 Å². The number of carboxylic acid groups (broad SMARTS) is 1. The van der Waals surface area contributed by atoms with Crippen LogP contribution in [0.25, 0.3) is 0 Å². The summed E-state index contributed by atoms with van der Waals surface area (Å²) in [5.41, 5.74) is 0. The number of hydrogen-bond donors (Lipinski definition) is 1. The molecule has 2 rings (SSSR count). The van der Waals surface area contributed by atoms with Crippen molar-refractivity contribution in [1.29, 1.82) is 0 Å². The smallest absolute Gasteiger partial charge is 0.304 e. The van der Waals surface area contributed by atoms with Crippen LogP contribution in [-0.2, 0) is 4.79 Å². The van der Waals surface area contributed by atoms with Gasteiger partial charge in [0.1, 0.15) is 0 Å². The quantitative estimate of drug-likeness (QED) is 0.808. The summed E-state index contributed by atoms with van der Waals surface area (Å²) >= 11 is 0. The van der Waals surface area contributed by atoms with Gasteiger partial charge < -0.3 is 10.0 Å². The predicted octanol–water partition coefficient (Wildman–Crippen LogP) is 1.51. The van der Waals surface area contributed by atoms with Crippen molar-refractivity contribution in [3.63, 3.8) is 0 Å². The predicted molar refractivity (Wildman–Crippen MR) is 71.6 cm³/mol. The first-order valence-corrected chi connectivity index (χ1v) is 7.24. The zero-order valence-electron chi connectivity index (χ0n) is 11.6. The van der Waals surface area contributed by atoms with Gasteiger partial charge in [0.15, 0.2) is 0 Å². The summed E-state index contributed by atoms with van der Waals surface area (Å²) < 4.78 is 0. The molecule has 2 aliphatic rings. The molecular weight excluding hydrogens is 228 g/mol. The average Bonchev–Trinajstić information content (AvgIpc) is 2.25. The van der Waals surface area contributed by atoms with E-state index in [9.17, 15) is 4.79 Å². The Hall–Kier alpha value is -0.610. The maximum Gasteiger partial charge on any atom is 0.304 e. The second kappa shape index (κ2) is 6.02. The number of rotatable bonds is 5. The van der Waals surface area contributed by atoms with Gasteiger partial charge >= 0.3 is 5.97 Å². The van der Waals surface area contributed by atoms with Crippen LogP contribution in [0.3, 0.4) is 0 Å². The SMILES string of the molecule is CC(C)C1CC(N2CCN(CCC(=O)O)CC2)C1. The Bertz CT molecular complexity index is 280. The van der Waals surface area contributed by atoms with E-state index >= 15 is 0 Å². The molecule has 0 amide bonds. The minimum absolute atomic E-state index is 0.277. The fourth-order valence-electron chi connectivity index (χ4n) is 3.08. The van der Waals surface area contributed by atoms with Crippen LogP contribution in [0.15, 0.2) is 0 Å². The minimum Gasteiger partial charge on any atom is -0.481 e. The molecule has 1 saturated carbocycles. The Balaban J connectivity index is 1.64. The Morgan fingerprint density at radius 2 is 1.83 bits per heavy atom. The molecule has 0 bridgehead atoms. The first-order valence-electron chi connectivity index (χ1n) is 7.24. The second-order valence-corrected chi connectivity index (χ2v) is 6.15. The highest BCUT2D eigenvalue weighted by atomic mass is 16.4. The molecule has 18 heavy (non-hydrogen) atoms. The molecular formula is C14H26N2O2. The Morgan fingerprint density at radius 1 is 1.22 bits per heavy atom. The van der Waals surface area contributed by atoms with Crippen LogP contribution in [0.1, 0.15) is 33.1 Å². The molecule has 4 nitrogen and oxygen atoms in total. The highest BCUT2D eigenvalue weighted by Crippen LogP contribution is 2.37. The summed E-state index contributed by atoms with van der Waals surface area (Å²) in [6.45, 7) is 9.67. The van der Waals surface area contributed by atoms with Crippen LogP contribution < -0.4 is 0 Å². The van der Waals surface area contributed by atoms with Crippen LogP contribution in [0.4, 0.5) is 0 Å². The average molecular weight is 254 g/mol. The van der Waals surface area contributed by atoms with Gasteiger partial charge in [0, 0.05) is 38.8 Å². The van der Waals surface area contributed by atoms with Gasteiger partial charge in [-0.25, -0.2) is 0 Å². The van der Waals surface area contributed by atoms with E-state index in [2.05, 4.69) is 23.6 Å². The number of aliphatic carboxylic acids is 1. The summed E-state index contributed by atoms with van der Waals surface area (Å²) in [5, 5.41) is 8.68. The number of hydrogen-bond acceptors (Lipinski definition) is 3. The molecule has 2 fully saturated rings. The third kappa shape index (κ3) is 3.45. The van der Waals surface area contributed by atoms with Crippen molar-refractivity contribution >= 4 is 5.97 Å². The summed E-state index contributed by atoms with van der Waals surface area (Å²) in [4.78, 5) is 15.4. The van der Waals surface area contributed by atoms with E-state index in [0.717, 1.165) is 44.1 Å². The zero-order valence-corrected chi connectivity index (χ0v) is 11.6. The first kappa shape index (κ1) is 13.8. The van der Waals surface area contributed by atoms with Gasteiger partial charge in [-0.2, -0.15) is 0 Å². The first-order chi connectivity index (χ1) is 8.56. The lowest BCUT2D eigenvalue weighted by Gasteiger charge is -2.47. The van der Waals surface area contributed by atoms with Crippen LogP contribution in [0.2, 0.25) is 0 Å². The molecule has 104 valence electrons. The van der Waals surface area contributed by atoms with Gasteiger partial charge in [-0.1, -0.05) is 13.8 Å². The fourth-order valence-corrected chi connectivity index (χ4v) is 3.08. The second-order valence-electron chi connectivity index (χ2n) is 6.15. The zero-order chi connectivity index (χ0) is 13.1. The van der Waals surface area contributed by atoms with Crippen molar-refractivity contribution in [2.75, 3.05) is 32.7 Å². The molecule has 4 heteroatoms. The van der Waals surface area contributed by atoms with Crippen LogP contribution in [0, 0.1) is 11.8 Å². The van der Waals surface area contributed by atoms with Crippen LogP contribution in [0.5, 0.6) is 0 Å². The summed E-state index contributed by atoms with van der Waals surface area (Å²) in [6, 6.07) is 0.805. The molecule has 1 N–H and O–H groups in total. The summed E-state index contributed by atoms with van der Waals surface area (Å²) in [5.74, 6) is 1.08. The monoisotopic (exact) mass is 254 g/mol. The number of carbonyl (C=O) groups is 1. The molecule has 0 aromatic heterocycles. The highest BCUT2D eigenvalue weighted by Gasteiger charge is 2.36. The Morgan fingerprint density at radius 3 is 2.33 bits per heavy atom. The third-order valence-electron chi connectivity index (χ3n) is 4.66. The van der Waals surface area contributed by atoms with Crippen LogP contribution >= 0.6 is 0 Å². The highest BCUT2D eigenvalue weighted by molar-refractivity contribution is 5.66. The summed E-state index contributed by atoms with van der Waals surface area (Å²) in [6.07, 6.45) is 3.01. The molecule has 0 radical (unpaired) electrons.